The smallest absolute Gasteiger partial charge is 0.358 e. The Morgan fingerprint density at radius 3 is 2.52 bits per heavy atom. The fraction of sp³-hybridized carbons (Fsp3) is 0.286. The Morgan fingerprint density at radius 2 is 1.95 bits per heavy atom. The topological polar surface area (TPSA) is 97.1 Å². The van der Waals surface area contributed by atoms with E-state index in [1.807, 2.05) is 12.1 Å². The van der Waals surface area contributed by atoms with Gasteiger partial charge in [-0.15, -0.1) is 5.10 Å². The minimum Gasteiger partial charge on any atom is -0.476 e. The summed E-state index contributed by atoms with van der Waals surface area (Å²) in [4.78, 5) is 22.6. The number of carbonyl (C=O) groups is 2. The van der Waals surface area contributed by atoms with Crippen LogP contribution in [0.5, 0.6) is 0 Å². The lowest BCUT2D eigenvalue weighted by Gasteiger charge is -2.11. The Hall–Kier alpha value is -2.70. The normalized spacial score (nSPS) is 13.9. The van der Waals surface area contributed by atoms with Gasteiger partial charge < -0.3 is 10.4 Å². The summed E-state index contributed by atoms with van der Waals surface area (Å²) < 4.78 is 1.22. The van der Waals surface area contributed by atoms with Crippen molar-refractivity contribution in [1.29, 1.82) is 0 Å². The van der Waals surface area contributed by atoms with E-state index in [4.69, 9.17) is 5.11 Å². The van der Waals surface area contributed by atoms with Crippen LogP contribution in [0, 0.1) is 0 Å². The largest absolute Gasteiger partial charge is 0.476 e. The van der Waals surface area contributed by atoms with E-state index < -0.39 is 5.97 Å². The quantitative estimate of drug-likeness (QED) is 0.840. The van der Waals surface area contributed by atoms with Crippen molar-refractivity contribution in [2.75, 3.05) is 0 Å². The van der Waals surface area contributed by atoms with Gasteiger partial charge in [0.2, 0.25) is 5.91 Å². The third-order valence-corrected chi connectivity index (χ3v) is 3.48. The molecule has 1 aliphatic carbocycles. The van der Waals surface area contributed by atoms with Crippen molar-refractivity contribution < 1.29 is 14.7 Å². The lowest BCUT2D eigenvalue weighted by atomic mass is 10.1. The molecule has 3 rings (SSSR count). The van der Waals surface area contributed by atoms with Crippen LogP contribution in [0.4, 0.5) is 0 Å². The molecule has 7 heteroatoms. The molecule has 0 spiro atoms. The second-order valence-corrected chi connectivity index (χ2v) is 5.05. The Morgan fingerprint density at radius 1 is 1.29 bits per heavy atom. The molecule has 0 saturated carbocycles. The molecule has 21 heavy (non-hydrogen) atoms. The SMILES string of the molecule is O=C(Cn1cc(C(=O)O)nn1)NC1Cc2ccccc2C1. The molecule has 0 atom stereocenters. The third-order valence-electron chi connectivity index (χ3n) is 3.48. The zero-order chi connectivity index (χ0) is 14.8. The van der Waals surface area contributed by atoms with E-state index in [2.05, 4.69) is 27.8 Å². The highest BCUT2D eigenvalue weighted by atomic mass is 16.4. The molecule has 0 aliphatic heterocycles. The Kier molecular flexibility index (Phi) is 3.39. The summed E-state index contributed by atoms with van der Waals surface area (Å²) >= 11 is 0. The summed E-state index contributed by atoms with van der Waals surface area (Å²) in [5.74, 6) is -1.36. The Bertz CT molecular complexity index is 670. The maximum Gasteiger partial charge on any atom is 0.358 e. The minimum atomic E-state index is -1.16. The number of nitrogens with zero attached hydrogens (tertiary/aromatic N) is 3. The van der Waals surface area contributed by atoms with E-state index in [-0.39, 0.29) is 24.2 Å². The standard InChI is InChI=1S/C14H14N4O3/c19-13(8-18-7-12(14(20)21)16-17-18)15-11-5-9-3-1-2-4-10(9)6-11/h1-4,7,11H,5-6,8H2,(H,15,19)(H,20,21). The maximum absolute atomic E-state index is 12.0. The number of carboxylic acid groups (broad SMARTS) is 1. The van der Waals surface area contributed by atoms with Gasteiger partial charge in [-0.2, -0.15) is 0 Å². The number of aromatic nitrogens is 3. The Balaban J connectivity index is 1.57. The zero-order valence-corrected chi connectivity index (χ0v) is 11.2. The maximum atomic E-state index is 12.0. The second-order valence-electron chi connectivity index (χ2n) is 5.05. The molecule has 0 bridgehead atoms. The van der Waals surface area contributed by atoms with Crippen molar-refractivity contribution in [3.63, 3.8) is 0 Å². The van der Waals surface area contributed by atoms with Gasteiger partial charge in [0.05, 0.1) is 6.20 Å². The van der Waals surface area contributed by atoms with Crippen LogP contribution in [-0.4, -0.2) is 38.0 Å². The fourth-order valence-corrected chi connectivity index (χ4v) is 2.56. The van der Waals surface area contributed by atoms with Crippen molar-refractivity contribution >= 4 is 11.9 Å². The lowest BCUT2D eigenvalue weighted by molar-refractivity contribution is -0.122. The van der Waals surface area contributed by atoms with Gasteiger partial charge in [-0.25, -0.2) is 9.48 Å². The van der Waals surface area contributed by atoms with E-state index in [9.17, 15) is 9.59 Å². The van der Waals surface area contributed by atoms with Crippen LogP contribution in [0.2, 0.25) is 0 Å². The van der Waals surface area contributed by atoms with Gasteiger partial charge in [0.1, 0.15) is 6.54 Å². The number of hydrogen-bond donors (Lipinski definition) is 2. The highest BCUT2D eigenvalue weighted by Gasteiger charge is 2.22. The van der Waals surface area contributed by atoms with E-state index >= 15 is 0 Å². The molecule has 1 aromatic carbocycles. The van der Waals surface area contributed by atoms with E-state index in [1.54, 1.807) is 0 Å². The van der Waals surface area contributed by atoms with Crippen LogP contribution in [0.1, 0.15) is 21.6 Å². The first-order valence-electron chi connectivity index (χ1n) is 6.61. The molecule has 2 aromatic rings. The van der Waals surface area contributed by atoms with Crippen LogP contribution in [0.15, 0.2) is 30.5 Å². The average Bonchev–Trinajstić information content (AvgIpc) is 3.04. The van der Waals surface area contributed by atoms with Crippen LogP contribution < -0.4 is 5.32 Å². The number of nitrogens with one attached hydrogen (secondary N) is 1. The summed E-state index contributed by atoms with van der Waals surface area (Å²) in [5, 5.41) is 18.8. The predicted molar refractivity (Wildman–Crippen MR) is 72.8 cm³/mol. The molecule has 2 N–H and O–H groups in total. The van der Waals surface area contributed by atoms with E-state index in [1.165, 1.54) is 22.0 Å². The van der Waals surface area contributed by atoms with Gasteiger partial charge in [0.15, 0.2) is 5.69 Å². The first-order chi connectivity index (χ1) is 10.1. The molecule has 1 aliphatic rings. The van der Waals surface area contributed by atoms with Crippen LogP contribution in [-0.2, 0) is 24.2 Å². The van der Waals surface area contributed by atoms with Gasteiger partial charge in [0, 0.05) is 6.04 Å². The van der Waals surface area contributed by atoms with E-state index in [0.717, 1.165) is 12.8 Å². The van der Waals surface area contributed by atoms with Crippen LogP contribution in [0.25, 0.3) is 0 Å². The first-order valence-corrected chi connectivity index (χ1v) is 6.61. The lowest BCUT2D eigenvalue weighted by Crippen LogP contribution is -2.37. The monoisotopic (exact) mass is 286 g/mol. The van der Waals surface area contributed by atoms with Crippen molar-refractivity contribution in [3.8, 4) is 0 Å². The van der Waals surface area contributed by atoms with Gasteiger partial charge in [-0.05, 0) is 24.0 Å². The number of hydrogen-bond acceptors (Lipinski definition) is 4. The van der Waals surface area contributed by atoms with Gasteiger partial charge in [0.25, 0.3) is 0 Å². The number of aromatic carboxylic acids is 1. The summed E-state index contributed by atoms with van der Waals surface area (Å²) in [6.45, 7) is -0.0346. The number of amides is 1. The molecule has 0 radical (unpaired) electrons. The molecule has 0 unspecified atom stereocenters. The third kappa shape index (κ3) is 2.91. The summed E-state index contributed by atoms with van der Waals surface area (Å²) in [5.41, 5.74) is 2.35. The van der Waals surface area contributed by atoms with E-state index in [0.29, 0.717) is 0 Å². The summed E-state index contributed by atoms with van der Waals surface area (Å²) in [6, 6.07) is 8.20. The molecule has 108 valence electrons. The van der Waals surface area contributed by atoms with Gasteiger partial charge in [-0.3, -0.25) is 4.79 Å². The average molecular weight is 286 g/mol. The molecule has 0 saturated heterocycles. The highest BCUT2D eigenvalue weighted by molar-refractivity contribution is 5.84. The summed E-state index contributed by atoms with van der Waals surface area (Å²) in [7, 11) is 0. The Labute approximate surface area is 120 Å². The van der Waals surface area contributed by atoms with Gasteiger partial charge >= 0.3 is 5.97 Å². The van der Waals surface area contributed by atoms with Crippen LogP contribution in [0.3, 0.4) is 0 Å². The first kappa shape index (κ1) is 13.3. The fourth-order valence-electron chi connectivity index (χ4n) is 2.56. The van der Waals surface area contributed by atoms with Crippen LogP contribution >= 0.6 is 0 Å². The molecule has 7 nitrogen and oxygen atoms in total. The predicted octanol–water partition coefficient (Wildman–Crippen LogP) is 0.260. The number of fused-ring (bicyclic) bond motifs is 1. The minimum absolute atomic E-state index is 0.0346. The molecule has 0 fully saturated rings. The number of carbonyl (C=O) groups excluding carboxylic acids is 1. The number of carboxylic acids is 1. The van der Waals surface area contributed by atoms with Crippen molar-refractivity contribution in [2.24, 2.45) is 0 Å². The zero-order valence-electron chi connectivity index (χ0n) is 11.2. The summed E-state index contributed by atoms with van der Waals surface area (Å²) in [6.07, 6.45) is 2.88. The number of rotatable bonds is 4. The van der Waals surface area contributed by atoms with Crippen molar-refractivity contribution in [1.82, 2.24) is 20.3 Å². The molecule has 1 heterocycles. The molecule has 1 amide bonds. The molecular formula is C14H14N4O3. The number of benzene rings is 1. The van der Waals surface area contributed by atoms with Gasteiger partial charge in [-0.1, -0.05) is 29.5 Å². The highest BCUT2D eigenvalue weighted by Crippen LogP contribution is 2.21. The van der Waals surface area contributed by atoms with Crippen molar-refractivity contribution in [3.05, 3.63) is 47.3 Å². The molecule has 1 aromatic heterocycles. The second kappa shape index (κ2) is 5.35. The van der Waals surface area contributed by atoms with Crippen molar-refractivity contribution in [2.45, 2.75) is 25.4 Å². The molecular weight excluding hydrogens is 272 g/mol.